The molecule has 1 heterocycles. The van der Waals surface area contributed by atoms with Crippen LogP contribution >= 0.6 is 0 Å². The molecule has 1 N–H and O–H groups in total. The summed E-state index contributed by atoms with van der Waals surface area (Å²) in [5.74, 6) is 0. The summed E-state index contributed by atoms with van der Waals surface area (Å²) in [6.07, 6.45) is 3.95. The fourth-order valence-electron chi connectivity index (χ4n) is 1.45. The average molecular weight is 201 g/mol. The van der Waals surface area contributed by atoms with E-state index in [9.17, 15) is 0 Å². The number of rotatable bonds is 3. The van der Waals surface area contributed by atoms with E-state index in [-0.39, 0.29) is 0 Å². The van der Waals surface area contributed by atoms with Gasteiger partial charge in [0.2, 0.25) is 0 Å². The second kappa shape index (κ2) is 4.28. The van der Waals surface area contributed by atoms with Crippen LogP contribution in [0.1, 0.15) is 18.5 Å². The van der Waals surface area contributed by atoms with E-state index in [1.165, 1.54) is 5.56 Å². The highest BCUT2D eigenvalue weighted by Gasteiger charge is 2.05. The van der Waals surface area contributed by atoms with Gasteiger partial charge in [-0.15, -0.1) is 0 Å². The Morgan fingerprint density at radius 2 is 2.00 bits per heavy atom. The Hall–Kier alpha value is -1.61. The first-order valence-corrected chi connectivity index (χ1v) is 5.08. The lowest BCUT2D eigenvalue weighted by molar-refractivity contribution is 0.652. The molecule has 2 rings (SSSR count). The summed E-state index contributed by atoms with van der Waals surface area (Å²) in [6, 6.07) is 10.4. The van der Waals surface area contributed by atoms with Gasteiger partial charge in [-0.25, -0.2) is 4.68 Å². The summed E-state index contributed by atoms with van der Waals surface area (Å²) in [6.45, 7) is 2.12. The molecule has 0 fully saturated rings. The van der Waals surface area contributed by atoms with Crippen LogP contribution in [0, 0.1) is 0 Å². The Morgan fingerprint density at radius 1 is 1.27 bits per heavy atom. The van der Waals surface area contributed by atoms with Gasteiger partial charge in [-0.3, -0.25) is 0 Å². The van der Waals surface area contributed by atoms with Crippen molar-refractivity contribution in [2.24, 2.45) is 0 Å². The molecule has 0 aliphatic rings. The van der Waals surface area contributed by atoms with Crippen molar-refractivity contribution in [2.75, 3.05) is 7.05 Å². The standard InChI is InChI=1S/C12H15N3/c1-10(13-2)11-8-14-15(9-11)12-6-4-3-5-7-12/h3-10,13H,1-2H3. The van der Waals surface area contributed by atoms with Crippen molar-refractivity contribution in [3.05, 3.63) is 48.3 Å². The Kier molecular flexibility index (Phi) is 2.83. The number of benzene rings is 1. The molecule has 0 radical (unpaired) electrons. The summed E-state index contributed by atoms with van der Waals surface area (Å²) in [4.78, 5) is 0. The quantitative estimate of drug-likeness (QED) is 0.824. The highest BCUT2D eigenvalue weighted by atomic mass is 15.3. The second-order valence-corrected chi connectivity index (χ2v) is 3.56. The first-order valence-electron chi connectivity index (χ1n) is 5.08. The predicted octanol–water partition coefficient (Wildman–Crippen LogP) is 2.15. The van der Waals surface area contributed by atoms with Gasteiger partial charge in [-0.2, -0.15) is 5.10 Å². The molecule has 1 atom stereocenters. The minimum absolute atomic E-state index is 0.336. The van der Waals surface area contributed by atoms with Crippen molar-refractivity contribution < 1.29 is 0 Å². The summed E-state index contributed by atoms with van der Waals surface area (Å²) in [5.41, 5.74) is 2.29. The van der Waals surface area contributed by atoms with Crippen LogP contribution in [-0.2, 0) is 0 Å². The summed E-state index contributed by atoms with van der Waals surface area (Å²) < 4.78 is 1.89. The molecule has 0 bridgehead atoms. The second-order valence-electron chi connectivity index (χ2n) is 3.56. The van der Waals surface area contributed by atoms with E-state index in [0.717, 1.165) is 5.69 Å². The van der Waals surface area contributed by atoms with Crippen LogP contribution in [0.2, 0.25) is 0 Å². The van der Waals surface area contributed by atoms with Crippen LogP contribution in [0.15, 0.2) is 42.7 Å². The number of hydrogen-bond acceptors (Lipinski definition) is 2. The molecule has 1 aromatic carbocycles. The first kappa shape index (κ1) is 9.93. The monoisotopic (exact) mass is 201 g/mol. The first-order chi connectivity index (χ1) is 7.31. The van der Waals surface area contributed by atoms with Crippen LogP contribution in [0.5, 0.6) is 0 Å². The highest BCUT2D eigenvalue weighted by Crippen LogP contribution is 2.13. The van der Waals surface area contributed by atoms with Crippen molar-refractivity contribution in [3.63, 3.8) is 0 Å². The van der Waals surface area contributed by atoms with Crippen molar-refractivity contribution in [3.8, 4) is 5.69 Å². The average Bonchev–Trinajstić information content (AvgIpc) is 2.78. The van der Waals surface area contributed by atoms with E-state index in [1.54, 1.807) is 0 Å². The normalized spacial score (nSPS) is 12.7. The van der Waals surface area contributed by atoms with E-state index in [1.807, 2.05) is 48.3 Å². The molecule has 0 spiro atoms. The molecule has 3 nitrogen and oxygen atoms in total. The zero-order valence-corrected chi connectivity index (χ0v) is 9.01. The molecular weight excluding hydrogens is 186 g/mol. The Balaban J connectivity index is 2.28. The Labute approximate surface area is 89.7 Å². The van der Waals surface area contributed by atoms with Crippen molar-refractivity contribution in [1.82, 2.24) is 15.1 Å². The molecule has 78 valence electrons. The molecule has 0 aliphatic carbocycles. The van der Waals surface area contributed by atoms with Gasteiger partial charge >= 0.3 is 0 Å². The molecule has 1 unspecified atom stereocenters. The number of aromatic nitrogens is 2. The van der Waals surface area contributed by atoms with Gasteiger partial charge < -0.3 is 5.32 Å². The fraction of sp³-hybridized carbons (Fsp3) is 0.250. The number of nitrogens with one attached hydrogen (secondary N) is 1. The molecule has 0 saturated carbocycles. The van der Waals surface area contributed by atoms with Crippen molar-refractivity contribution >= 4 is 0 Å². The van der Waals surface area contributed by atoms with Gasteiger partial charge in [0, 0.05) is 17.8 Å². The van der Waals surface area contributed by atoms with Gasteiger partial charge in [0.05, 0.1) is 11.9 Å². The van der Waals surface area contributed by atoms with Gasteiger partial charge in [-0.1, -0.05) is 18.2 Å². The van der Waals surface area contributed by atoms with Gasteiger partial charge in [0.15, 0.2) is 0 Å². The smallest absolute Gasteiger partial charge is 0.0645 e. The highest BCUT2D eigenvalue weighted by molar-refractivity contribution is 5.31. The number of nitrogens with zero attached hydrogens (tertiary/aromatic N) is 2. The van der Waals surface area contributed by atoms with Crippen molar-refractivity contribution in [2.45, 2.75) is 13.0 Å². The van der Waals surface area contributed by atoms with Gasteiger partial charge in [-0.05, 0) is 26.1 Å². The number of hydrogen-bond donors (Lipinski definition) is 1. The third-order valence-electron chi connectivity index (χ3n) is 2.56. The minimum Gasteiger partial charge on any atom is -0.313 e. The largest absolute Gasteiger partial charge is 0.313 e. The molecule has 15 heavy (non-hydrogen) atoms. The predicted molar refractivity (Wildman–Crippen MR) is 61.0 cm³/mol. The van der Waals surface area contributed by atoms with Gasteiger partial charge in [0.25, 0.3) is 0 Å². The third kappa shape index (κ3) is 2.07. The van der Waals surface area contributed by atoms with E-state index >= 15 is 0 Å². The lowest BCUT2D eigenvalue weighted by Crippen LogP contribution is -2.11. The maximum Gasteiger partial charge on any atom is 0.0645 e. The topological polar surface area (TPSA) is 29.9 Å². The molecule has 1 aromatic heterocycles. The summed E-state index contributed by atoms with van der Waals surface area (Å²) in [5, 5.41) is 7.52. The van der Waals surface area contributed by atoms with E-state index in [0.29, 0.717) is 6.04 Å². The minimum atomic E-state index is 0.336. The number of para-hydroxylation sites is 1. The fourth-order valence-corrected chi connectivity index (χ4v) is 1.45. The lowest BCUT2D eigenvalue weighted by Gasteiger charge is -2.05. The zero-order valence-electron chi connectivity index (χ0n) is 9.01. The summed E-state index contributed by atoms with van der Waals surface area (Å²) >= 11 is 0. The van der Waals surface area contributed by atoms with Gasteiger partial charge in [0.1, 0.15) is 0 Å². The van der Waals surface area contributed by atoms with Crippen molar-refractivity contribution in [1.29, 1.82) is 0 Å². The molecule has 2 aromatic rings. The molecule has 0 saturated heterocycles. The SMILES string of the molecule is CNC(C)c1cnn(-c2ccccc2)c1. The summed E-state index contributed by atoms with van der Waals surface area (Å²) in [7, 11) is 1.95. The third-order valence-corrected chi connectivity index (χ3v) is 2.56. The van der Waals surface area contributed by atoms with E-state index in [4.69, 9.17) is 0 Å². The Morgan fingerprint density at radius 3 is 2.67 bits per heavy atom. The van der Waals surface area contributed by atoms with Crippen LogP contribution in [0.4, 0.5) is 0 Å². The van der Waals surface area contributed by atoms with Crippen LogP contribution in [0.3, 0.4) is 0 Å². The van der Waals surface area contributed by atoms with Crippen LogP contribution < -0.4 is 5.32 Å². The van der Waals surface area contributed by atoms with E-state index in [2.05, 4.69) is 23.5 Å². The van der Waals surface area contributed by atoms with Crippen LogP contribution in [0.25, 0.3) is 5.69 Å². The molecular formula is C12H15N3. The maximum atomic E-state index is 4.33. The zero-order chi connectivity index (χ0) is 10.7. The maximum absolute atomic E-state index is 4.33. The van der Waals surface area contributed by atoms with E-state index < -0.39 is 0 Å². The molecule has 0 aliphatic heterocycles. The lowest BCUT2D eigenvalue weighted by atomic mass is 10.2. The van der Waals surface area contributed by atoms with Crippen LogP contribution in [-0.4, -0.2) is 16.8 Å². The Bertz CT molecular complexity index is 419. The molecule has 3 heteroatoms. The molecule has 0 amide bonds.